The van der Waals surface area contributed by atoms with Crippen LogP contribution in [-0.2, 0) is 33.6 Å². The molecule has 1 fully saturated rings. The SMILES string of the molecule is [B]C(=O)CCCCCSCNC(=O)CNC(=O)CNC(=O)CNC(=O)CCN1C(=O)CC(SC(C)C)C1=O. The maximum Gasteiger partial charge on any atom is 0.242 e. The number of hydrogen-bond donors (Lipinski definition) is 4. The van der Waals surface area contributed by atoms with E-state index in [1.165, 1.54) is 23.5 Å². The maximum absolute atomic E-state index is 12.3. The van der Waals surface area contributed by atoms with E-state index < -0.39 is 23.0 Å². The monoisotopic (exact) mass is 569 g/mol. The lowest BCUT2D eigenvalue weighted by atomic mass is 9.97. The van der Waals surface area contributed by atoms with Crippen LogP contribution in [0, 0.1) is 0 Å². The van der Waals surface area contributed by atoms with Crippen molar-refractivity contribution in [2.24, 2.45) is 0 Å². The molecule has 0 bridgehead atoms. The Morgan fingerprint density at radius 1 is 0.868 bits per heavy atom. The lowest BCUT2D eigenvalue weighted by Crippen LogP contribution is -2.44. The molecule has 1 aliphatic rings. The standard InChI is InChI=1S/C23H36BN5O7S2/c1-15(2)38-16-10-22(35)29(23(16)36)8-7-18(31)25-11-19(32)26-12-20(33)27-13-21(34)28-14-37-9-5-3-4-6-17(24)30/h15-16H,3-14H2,1-2H3,(H,25,31)(H,26,32)(H,27,33)(H,28,34). The van der Waals surface area contributed by atoms with Crippen LogP contribution in [0.1, 0.15) is 52.4 Å². The number of imide groups is 1. The summed E-state index contributed by atoms with van der Waals surface area (Å²) in [5.41, 5.74) is -0.310. The Morgan fingerprint density at radius 2 is 1.45 bits per heavy atom. The van der Waals surface area contributed by atoms with Gasteiger partial charge in [0.25, 0.3) is 0 Å². The van der Waals surface area contributed by atoms with Gasteiger partial charge in [-0.15, -0.1) is 23.5 Å². The minimum Gasteiger partial charge on any atom is -0.347 e. The third-order valence-corrected chi connectivity index (χ3v) is 7.29. The molecule has 0 aliphatic carbocycles. The average molecular weight is 570 g/mol. The molecule has 38 heavy (non-hydrogen) atoms. The second kappa shape index (κ2) is 18.7. The van der Waals surface area contributed by atoms with Gasteiger partial charge < -0.3 is 26.1 Å². The van der Waals surface area contributed by atoms with Crippen LogP contribution in [0.3, 0.4) is 0 Å². The highest BCUT2D eigenvalue weighted by Crippen LogP contribution is 2.28. The molecule has 0 aromatic carbocycles. The number of thioether (sulfide) groups is 2. The van der Waals surface area contributed by atoms with Crippen LogP contribution < -0.4 is 21.3 Å². The molecule has 0 spiro atoms. The number of carbonyl (C=O) groups is 7. The second-order valence-electron chi connectivity index (χ2n) is 8.77. The third-order valence-electron chi connectivity index (χ3n) is 5.12. The summed E-state index contributed by atoms with van der Waals surface area (Å²) in [6, 6.07) is 0. The molecule has 0 aromatic heterocycles. The summed E-state index contributed by atoms with van der Waals surface area (Å²) in [5.74, 6) is -1.46. The van der Waals surface area contributed by atoms with Gasteiger partial charge in [0.2, 0.25) is 35.4 Å². The van der Waals surface area contributed by atoms with Crippen molar-refractivity contribution in [1.29, 1.82) is 0 Å². The molecule has 0 saturated carbocycles. The Hall–Kier alpha value is -2.55. The van der Waals surface area contributed by atoms with E-state index >= 15 is 0 Å². The van der Waals surface area contributed by atoms with Gasteiger partial charge in [0.1, 0.15) is 0 Å². The number of likely N-dealkylation sites (tertiary alicyclic amines) is 1. The van der Waals surface area contributed by atoms with Crippen LogP contribution in [-0.4, -0.2) is 102 Å². The minimum absolute atomic E-state index is 0.0553. The van der Waals surface area contributed by atoms with Crippen molar-refractivity contribution in [3.63, 3.8) is 0 Å². The van der Waals surface area contributed by atoms with Crippen LogP contribution in [0.5, 0.6) is 0 Å². The molecule has 15 heteroatoms. The molecular weight excluding hydrogens is 533 g/mol. The average Bonchev–Trinajstić information content (AvgIpc) is 3.11. The smallest absolute Gasteiger partial charge is 0.242 e. The van der Waals surface area contributed by atoms with Gasteiger partial charge in [-0.1, -0.05) is 20.3 Å². The first kappa shape index (κ1) is 33.5. The highest BCUT2D eigenvalue weighted by Gasteiger charge is 2.39. The van der Waals surface area contributed by atoms with Gasteiger partial charge in [0, 0.05) is 19.4 Å². The summed E-state index contributed by atoms with van der Waals surface area (Å²) in [6.45, 7) is 2.84. The first-order valence-corrected chi connectivity index (χ1v) is 14.5. The number of nitrogens with one attached hydrogen (secondary N) is 4. The van der Waals surface area contributed by atoms with Gasteiger partial charge in [-0.3, -0.25) is 33.7 Å². The first-order valence-electron chi connectivity index (χ1n) is 12.4. The van der Waals surface area contributed by atoms with Gasteiger partial charge in [0.15, 0.2) is 7.85 Å². The Morgan fingerprint density at radius 3 is 2.03 bits per heavy atom. The Kier molecular flexibility index (Phi) is 16.4. The van der Waals surface area contributed by atoms with Crippen molar-refractivity contribution in [3.05, 3.63) is 0 Å². The van der Waals surface area contributed by atoms with Crippen LogP contribution in [0.2, 0.25) is 0 Å². The molecule has 1 atom stereocenters. The fraction of sp³-hybridized carbons (Fsp3) is 0.696. The normalized spacial score (nSPS) is 14.9. The number of amides is 6. The van der Waals surface area contributed by atoms with Crippen LogP contribution in [0.15, 0.2) is 0 Å². The number of carbonyl (C=O) groups excluding carboxylic acids is 7. The van der Waals surface area contributed by atoms with Gasteiger partial charge in [-0.25, -0.2) is 0 Å². The molecule has 1 saturated heterocycles. The maximum atomic E-state index is 12.3. The van der Waals surface area contributed by atoms with Gasteiger partial charge in [0.05, 0.1) is 36.4 Å². The molecule has 1 heterocycles. The van der Waals surface area contributed by atoms with Gasteiger partial charge in [-0.05, 0) is 30.3 Å². The van der Waals surface area contributed by atoms with E-state index in [-0.39, 0.29) is 67.7 Å². The molecule has 4 N–H and O–H groups in total. The Balaban J connectivity index is 2.10. The largest absolute Gasteiger partial charge is 0.347 e. The lowest BCUT2D eigenvalue weighted by molar-refractivity contribution is -0.139. The highest BCUT2D eigenvalue weighted by molar-refractivity contribution is 8.01. The summed E-state index contributed by atoms with van der Waals surface area (Å²) in [5, 5.41) is 9.51. The van der Waals surface area contributed by atoms with E-state index in [0.717, 1.165) is 29.9 Å². The highest BCUT2D eigenvalue weighted by atomic mass is 32.2. The van der Waals surface area contributed by atoms with E-state index in [2.05, 4.69) is 21.3 Å². The van der Waals surface area contributed by atoms with Crippen molar-refractivity contribution >= 4 is 72.5 Å². The topological polar surface area (TPSA) is 171 Å². The van der Waals surface area contributed by atoms with Crippen LogP contribution in [0.25, 0.3) is 0 Å². The van der Waals surface area contributed by atoms with E-state index in [0.29, 0.717) is 12.3 Å². The number of unbranched alkanes of at least 4 members (excludes halogenated alkanes) is 2. The molecule has 1 rings (SSSR count). The summed E-state index contributed by atoms with van der Waals surface area (Å²) in [6.07, 6.45) is 2.90. The zero-order valence-electron chi connectivity index (χ0n) is 21.8. The third kappa shape index (κ3) is 15.0. The van der Waals surface area contributed by atoms with Crippen molar-refractivity contribution < 1.29 is 33.6 Å². The number of nitrogens with zero attached hydrogens (tertiary/aromatic N) is 1. The zero-order chi connectivity index (χ0) is 28.5. The quantitative estimate of drug-likeness (QED) is 0.0663. The molecular formula is C23H36BN5O7S2. The van der Waals surface area contributed by atoms with Crippen LogP contribution in [0.4, 0.5) is 0 Å². The van der Waals surface area contributed by atoms with Crippen molar-refractivity contribution in [3.8, 4) is 0 Å². The Labute approximate surface area is 232 Å². The van der Waals surface area contributed by atoms with Gasteiger partial charge >= 0.3 is 0 Å². The summed E-state index contributed by atoms with van der Waals surface area (Å²) < 4.78 is 0. The fourth-order valence-corrected chi connectivity index (χ4v) is 5.19. The Bertz CT molecular complexity index is 875. The molecule has 210 valence electrons. The van der Waals surface area contributed by atoms with E-state index in [9.17, 15) is 33.6 Å². The molecule has 12 nitrogen and oxygen atoms in total. The minimum atomic E-state index is -0.605. The lowest BCUT2D eigenvalue weighted by Gasteiger charge is -2.15. The predicted octanol–water partition coefficient (Wildman–Crippen LogP) is -0.943. The van der Waals surface area contributed by atoms with E-state index in [4.69, 9.17) is 7.85 Å². The molecule has 6 amide bonds. The summed E-state index contributed by atoms with van der Waals surface area (Å²) in [7, 11) is 5.07. The fourth-order valence-electron chi connectivity index (χ4n) is 3.23. The first-order chi connectivity index (χ1) is 18.0. The second-order valence-corrected chi connectivity index (χ2v) is 11.7. The zero-order valence-corrected chi connectivity index (χ0v) is 23.5. The molecule has 1 unspecified atom stereocenters. The van der Waals surface area contributed by atoms with E-state index in [1.807, 2.05) is 13.8 Å². The number of hydrogen-bond acceptors (Lipinski definition) is 9. The molecule has 0 aromatic rings. The molecule has 2 radical (unpaired) electrons. The predicted molar refractivity (Wildman–Crippen MR) is 146 cm³/mol. The van der Waals surface area contributed by atoms with E-state index in [1.54, 1.807) is 0 Å². The summed E-state index contributed by atoms with van der Waals surface area (Å²) >= 11 is 2.93. The van der Waals surface area contributed by atoms with Crippen molar-refractivity contribution in [2.75, 3.05) is 37.8 Å². The van der Waals surface area contributed by atoms with Crippen molar-refractivity contribution in [2.45, 2.75) is 62.9 Å². The van der Waals surface area contributed by atoms with Crippen LogP contribution >= 0.6 is 23.5 Å². The summed E-state index contributed by atoms with van der Waals surface area (Å²) in [4.78, 5) is 83.5. The van der Waals surface area contributed by atoms with Crippen molar-refractivity contribution in [1.82, 2.24) is 26.2 Å². The van der Waals surface area contributed by atoms with Gasteiger partial charge in [-0.2, -0.15) is 0 Å². The molecule has 1 aliphatic heterocycles. The number of rotatable bonds is 19.